The zero-order chi connectivity index (χ0) is 10.6. The SMILES string of the molecule is CC1CCCCN1CCSS(=O)(=O)O. The fraction of sp³-hybridized carbons (Fsp3) is 1.00. The summed E-state index contributed by atoms with van der Waals surface area (Å²) in [6, 6.07) is 0.547. The zero-order valence-electron chi connectivity index (χ0n) is 8.35. The Kier molecular flexibility index (Phi) is 4.69. The first kappa shape index (κ1) is 12.3. The molecule has 1 rings (SSSR count). The highest BCUT2D eigenvalue weighted by Crippen LogP contribution is 2.17. The molecule has 0 aromatic heterocycles. The summed E-state index contributed by atoms with van der Waals surface area (Å²) in [5, 5.41) is 0. The number of hydrogen-bond donors (Lipinski definition) is 1. The van der Waals surface area contributed by atoms with Gasteiger partial charge >= 0.3 is 9.15 Å². The van der Waals surface area contributed by atoms with Crippen LogP contribution in [0.1, 0.15) is 26.2 Å². The summed E-state index contributed by atoms with van der Waals surface area (Å²) in [6.07, 6.45) is 3.65. The van der Waals surface area contributed by atoms with Crippen molar-refractivity contribution in [2.45, 2.75) is 32.2 Å². The van der Waals surface area contributed by atoms with Gasteiger partial charge in [0.15, 0.2) is 0 Å². The van der Waals surface area contributed by atoms with Crippen LogP contribution >= 0.6 is 10.8 Å². The lowest BCUT2D eigenvalue weighted by Gasteiger charge is -2.32. The Bertz CT molecular complexity index is 266. The Balaban J connectivity index is 2.23. The maximum absolute atomic E-state index is 10.5. The van der Waals surface area contributed by atoms with Crippen molar-refractivity contribution in [3.63, 3.8) is 0 Å². The normalized spacial score (nSPS) is 25.1. The zero-order valence-corrected chi connectivity index (χ0v) is 9.98. The van der Waals surface area contributed by atoms with E-state index in [-0.39, 0.29) is 0 Å². The highest BCUT2D eigenvalue weighted by Gasteiger charge is 2.18. The molecule has 1 N–H and O–H groups in total. The van der Waals surface area contributed by atoms with Crippen molar-refractivity contribution in [3.8, 4) is 0 Å². The number of piperidine rings is 1. The predicted octanol–water partition coefficient (Wildman–Crippen LogP) is 1.40. The Morgan fingerprint density at radius 1 is 1.50 bits per heavy atom. The van der Waals surface area contributed by atoms with Crippen LogP contribution in [0, 0.1) is 0 Å². The standard InChI is InChI=1S/C8H17NO3S2/c1-8-4-2-3-5-9(8)6-7-13-14(10,11)12/h8H,2-7H2,1H3,(H,10,11,12). The number of nitrogens with zero attached hydrogens (tertiary/aromatic N) is 1. The maximum Gasteiger partial charge on any atom is 0.319 e. The van der Waals surface area contributed by atoms with Crippen molar-refractivity contribution in [2.75, 3.05) is 18.8 Å². The van der Waals surface area contributed by atoms with E-state index in [0.717, 1.165) is 13.1 Å². The van der Waals surface area contributed by atoms with Crippen molar-refractivity contribution in [2.24, 2.45) is 0 Å². The molecule has 1 aliphatic rings. The number of hydrogen-bond acceptors (Lipinski definition) is 4. The largest absolute Gasteiger partial charge is 0.319 e. The van der Waals surface area contributed by atoms with Crippen LogP contribution < -0.4 is 0 Å². The van der Waals surface area contributed by atoms with Gasteiger partial charge in [0, 0.05) is 18.3 Å². The fourth-order valence-electron chi connectivity index (χ4n) is 1.75. The minimum absolute atomic E-state index is 0.448. The smallest absolute Gasteiger partial charge is 0.300 e. The van der Waals surface area contributed by atoms with Gasteiger partial charge in [-0.15, -0.1) is 0 Å². The van der Waals surface area contributed by atoms with Crippen LogP contribution in [0.25, 0.3) is 0 Å². The molecule has 0 bridgehead atoms. The minimum atomic E-state index is -3.85. The molecule has 0 amide bonds. The molecule has 1 atom stereocenters. The first-order chi connectivity index (χ1) is 6.49. The topological polar surface area (TPSA) is 57.6 Å². The van der Waals surface area contributed by atoms with E-state index < -0.39 is 9.15 Å². The second-order valence-corrected chi connectivity index (χ2v) is 7.10. The highest BCUT2D eigenvalue weighted by molar-refractivity contribution is 8.69. The second kappa shape index (κ2) is 5.34. The first-order valence-electron chi connectivity index (χ1n) is 4.85. The lowest BCUT2D eigenvalue weighted by Crippen LogP contribution is -2.38. The molecule has 0 aromatic carbocycles. The van der Waals surface area contributed by atoms with Crippen molar-refractivity contribution in [3.05, 3.63) is 0 Å². The third kappa shape index (κ3) is 4.63. The molecule has 0 saturated carbocycles. The molecular weight excluding hydrogens is 222 g/mol. The molecule has 1 aliphatic heterocycles. The summed E-state index contributed by atoms with van der Waals surface area (Å²) in [5.74, 6) is 0.448. The Hall–Kier alpha value is 0.220. The van der Waals surface area contributed by atoms with Gasteiger partial charge in [0.1, 0.15) is 0 Å². The highest BCUT2D eigenvalue weighted by atomic mass is 33.1. The molecule has 4 nitrogen and oxygen atoms in total. The van der Waals surface area contributed by atoms with E-state index in [9.17, 15) is 8.42 Å². The molecule has 0 spiro atoms. The van der Waals surface area contributed by atoms with Gasteiger partial charge in [-0.3, -0.25) is 9.45 Å². The van der Waals surface area contributed by atoms with Gasteiger partial charge in [-0.2, -0.15) is 8.42 Å². The quantitative estimate of drug-likeness (QED) is 0.593. The molecule has 1 fully saturated rings. The van der Waals surface area contributed by atoms with Crippen molar-refractivity contribution in [1.82, 2.24) is 4.90 Å². The third-order valence-corrected chi connectivity index (χ3v) is 4.59. The third-order valence-electron chi connectivity index (χ3n) is 2.55. The Labute approximate surface area is 89.2 Å². The Morgan fingerprint density at radius 3 is 2.79 bits per heavy atom. The number of likely N-dealkylation sites (tertiary alicyclic amines) is 1. The van der Waals surface area contributed by atoms with E-state index in [2.05, 4.69) is 11.8 Å². The van der Waals surface area contributed by atoms with Crippen molar-refractivity contribution >= 4 is 19.9 Å². The lowest BCUT2D eigenvalue weighted by atomic mass is 10.0. The fourth-order valence-corrected chi connectivity index (χ4v) is 3.12. The van der Waals surface area contributed by atoms with Crippen LogP contribution in [0.2, 0.25) is 0 Å². The van der Waals surface area contributed by atoms with E-state index >= 15 is 0 Å². The lowest BCUT2D eigenvalue weighted by molar-refractivity contribution is 0.171. The first-order valence-corrected chi connectivity index (χ1v) is 7.79. The summed E-state index contributed by atoms with van der Waals surface area (Å²) in [5.41, 5.74) is 0. The average Bonchev–Trinajstić information content (AvgIpc) is 2.06. The van der Waals surface area contributed by atoms with E-state index in [1.165, 1.54) is 19.3 Å². The van der Waals surface area contributed by atoms with Gasteiger partial charge in [-0.1, -0.05) is 6.42 Å². The van der Waals surface area contributed by atoms with Gasteiger partial charge in [0.05, 0.1) is 0 Å². The summed E-state index contributed by atoms with van der Waals surface area (Å²) >= 11 is 0. The van der Waals surface area contributed by atoms with E-state index in [1.807, 2.05) is 0 Å². The molecular formula is C8H17NO3S2. The van der Waals surface area contributed by atoms with Crippen LogP contribution in [0.15, 0.2) is 0 Å². The van der Waals surface area contributed by atoms with Gasteiger partial charge in [-0.05, 0) is 37.1 Å². The Morgan fingerprint density at radius 2 is 2.21 bits per heavy atom. The molecule has 6 heteroatoms. The van der Waals surface area contributed by atoms with Gasteiger partial charge in [-0.25, -0.2) is 0 Å². The molecule has 14 heavy (non-hydrogen) atoms. The predicted molar refractivity (Wildman–Crippen MR) is 58.9 cm³/mol. The van der Waals surface area contributed by atoms with E-state index in [4.69, 9.17) is 4.55 Å². The summed E-state index contributed by atoms with van der Waals surface area (Å²) in [4.78, 5) is 2.28. The minimum Gasteiger partial charge on any atom is -0.300 e. The molecule has 0 aromatic rings. The van der Waals surface area contributed by atoms with Crippen molar-refractivity contribution < 1.29 is 13.0 Å². The van der Waals surface area contributed by atoms with Crippen LogP contribution in [0.5, 0.6) is 0 Å². The van der Waals surface area contributed by atoms with E-state index in [1.54, 1.807) is 0 Å². The van der Waals surface area contributed by atoms with Crippen LogP contribution in [0.4, 0.5) is 0 Å². The van der Waals surface area contributed by atoms with Gasteiger partial charge in [0.25, 0.3) is 0 Å². The summed E-state index contributed by atoms with van der Waals surface area (Å²) < 4.78 is 29.4. The van der Waals surface area contributed by atoms with Crippen LogP contribution in [-0.4, -0.2) is 42.8 Å². The summed E-state index contributed by atoms with van der Waals surface area (Å²) in [7, 11) is -3.24. The summed E-state index contributed by atoms with van der Waals surface area (Å²) in [6.45, 7) is 3.95. The number of rotatable bonds is 4. The van der Waals surface area contributed by atoms with Gasteiger partial charge in [0.2, 0.25) is 0 Å². The molecule has 1 heterocycles. The average molecular weight is 239 g/mol. The monoisotopic (exact) mass is 239 g/mol. The van der Waals surface area contributed by atoms with Crippen molar-refractivity contribution in [1.29, 1.82) is 0 Å². The molecule has 84 valence electrons. The van der Waals surface area contributed by atoms with E-state index in [0.29, 0.717) is 22.6 Å². The molecule has 1 saturated heterocycles. The van der Waals surface area contributed by atoms with Crippen LogP contribution in [-0.2, 0) is 9.15 Å². The molecule has 1 unspecified atom stereocenters. The maximum atomic E-state index is 10.5. The van der Waals surface area contributed by atoms with Crippen LogP contribution in [0.3, 0.4) is 0 Å². The van der Waals surface area contributed by atoms with Gasteiger partial charge < -0.3 is 0 Å². The molecule has 0 radical (unpaired) electrons. The molecule has 0 aliphatic carbocycles. The second-order valence-electron chi connectivity index (χ2n) is 3.63.